The smallest absolute Gasteiger partial charge is 0.204 e. The summed E-state index contributed by atoms with van der Waals surface area (Å²) in [5, 5.41) is 0.622. The van der Waals surface area contributed by atoms with Gasteiger partial charge in [-0.05, 0) is 23.7 Å². The zero-order valence-electron chi connectivity index (χ0n) is 7.48. The van der Waals surface area contributed by atoms with Crippen molar-refractivity contribution in [1.29, 1.82) is 0 Å². The van der Waals surface area contributed by atoms with E-state index in [1.165, 1.54) is 0 Å². The van der Waals surface area contributed by atoms with Crippen LogP contribution in [0.15, 0.2) is 24.3 Å². The molecule has 1 aliphatic heterocycles. The number of para-hydroxylation sites is 2. The van der Waals surface area contributed by atoms with Gasteiger partial charge in [0.2, 0.25) is 5.28 Å². The molecule has 1 fully saturated rings. The third-order valence-corrected chi connectivity index (χ3v) is 4.05. The van der Waals surface area contributed by atoms with Crippen LogP contribution in [-0.2, 0) is 0 Å². The molecule has 0 bridgehead atoms. The fourth-order valence-corrected chi connectivity index (χ4v) is 2.80. The van der Waals surface area contributed by atoms with E-state index >= 15 is 0 Å². The Kier molecular flexibility index (Phi) is 1.96. The largest absolute Gasteiger partial charge is 0.310 e. The van der Waals surface area contributed by atoms with Crippen molar-refractivity contribution in [1.82, 2.24) is 9.55 Å². The minimum absolute atomic E-state index is 0.542. The monoisotopic (exact) mass is 224 g/mol. The van der Waals surface area contributed by atoms with Crippen LogP contribution in [0.2, 0.25) is 5.28 Å². The predicted molar refractivity (Wildman–Crippen MR) is 61.1 cm³/mol. The molecule has 2 aromatic rings. The van der Waals surface area contributed by atoms with E-state index in [1.54, 1.807) is 0 Å². The molecule has 1 aromatic carbocycles. The third-order valence-electron chi connectivity index (χ3n) is 2.54. The fourth-order valence-electron chi connectivity index (χ4n) is 1.73. The maximum absolute atomic E-state index is 6.12. The summed E-state index contributed by atoms with van der Waals surface area (Å²) in [7, 11) is 0. The molecule has 4 heteroatoms. The summed E-state index contributed by atoms with van der Waals surface area (Å²) in [5.74, 6) is 2.31. The van der Waals surface area contributed by atoms with Gasteiger partial charge in [-0.15, -0.1) is 0 Å². The average molecular weight is 225 g/mol. The summed E-state index contributed by atoms with van der Waals surface area (Å²) in [6.07, 6.45) is 0. The molecule has 0 saturated carbocycles. The van der Waals surface area contributed by atoms with E-state index in [2.05, 4.69) is 15.6 Å². The molecule has 0 N–H and O–H groups in total. The molecule has 1 saturated heterocycles. The number of fused-ring (bicyclic) bond motifs is 1. The van der Waals surface area contributed by atoms with Gasteiger partial charge in [0.05, 0.1) is 17.1 Å². The molecule has 1 aliphatic rings. The van der Waals surface area contributed by atoms with E-state index < -0.39 is 0 Å². The number of benzene rings is 1. The average Bonchev–Trinajstić information content (AvgIpc) is 2.41. The van der Waals surface area contributed by atoms with Gasteiger partial charge >= 0.3 is 0 Å². The van der Waals surface area contributed by atoms with Crippen molar-refractivity contribution in [3.63, 3.8) is 0 Å². The van der Waals surface area contributed by atoms with E-state index in [4.69, 9.17) is 11.6 Å². The van der Waals surface area contributed by atoms with Gasteiger partial charge in [0.25, 0.3) is 0 Å². The highest BCUT2D eigenvalue weighted by Gasteiger charge is 2.24. The van der Waals surface area contributed by atoms with Crippen molar-refractivity contribution in [3.8, 4) is 0 Å². The fraction of sp³-hybridized carbons (Fsp3) is 0.300. The number of aromatic nitrogens is 2. The first kappa shape index (κ1) is 8.62. The molecular weight excluding hydrogens is 216 g/mol. The first-order chi connectivity index (χ1) is 6.86. The van der Waals surface area contributed by atoms with Crippen molar-refractivity contribution < 1.29 is 0 Å². The van der Waals surface area contributed by atoms with Crippen LogP contribution in [0.1, 0.15) is 6.04 Å². The number of hydrogen-bond donors (Lipinski definition) is 0. The van der Waals surface area contributed by atoms with Gasteiger partial charge in [-0.2, -0.15) is 11.8 Å². The second-order valence-electron chi connectivity index (χ2n) is 3.43. The summed E-state index contributed by atoms with van der Waals surface area (Å²) >= 11 is 8.07. The number of halogens is 1. The first-order valence-corrected chi connectivity index (χ1v) is 6.10. The SMILES string of the molecule is Clc1nc2ccccc2n1C1CSC1. The van der Waals surface area contributed by atoms with Crippen molar-refractivity contribution in [2.45, 2.75) is 6.04 Å². The Morgan fingerprint density at radius 3 is 2.86 bits per heavy atom. The first-order valence-electron chi connectivity index (χ1n) is 4.56. The minimum Gasteiger partial charge on any atom is -0.310 e. The molecule has 0 aliphatic carbocycles. The molecule has 0 amide bonds. The van der Waals surface area contributed by atoms with Crippen molar-refractivity contribution >= 4 is 34.4 Å². The van der Waals surface area contributed by atoms with Gasteiger partial charge in [-0.3, -0.25) is 0 Å². The number of imidazole rings is 1. The van der Waals surface area contributed by atoms with Gasteiger partial charge < -0.3 is 4.57 Å². The van der Waals surface area contributed by atoms with Gasteiger partial charge in [0.1, 0.15) is 0 Å². The number of hydrogen-bond acceptors (Lipinski definition) is 2. The molecule has 0 unspecified atom stereocenters. The molecule has 72 valence electrons. The maximum atomic E-state index is 6.12. The summed E-state index contributed by atoms with van der Waals surface area (Å²) in [6.45, 7) is 0. The van der Waals surface area contributed by atoms with Crippen LogP contribution in [0.5, 0.6) is 0 Å². The molecule has 0 radical (unpaired) electrons. The minimum atomic E-state index is 0.542. The highest BCUT2D eigenvalue weighted by Crippen LogP contribution is 2.34. The van der Waals surface area contributed by atoms with E-state index in [-0.39, 0.29) is 0 Å². The van der Waals surface area contributed by atoms with E-state index in [0.717, 1.165) is 22.5 Å². The lowest BCUT2D eigenvalue weighted by Gasteiger charge is -2.27. The highest BCUT2D eigenvalue weighted by molar-refractivity contribution is 8.00. The lowest BCUT2D eigenvalue weighted by molar-refractivity contribution is 0.610. The normalized spacial score (nSPS) is 17.2. The van der Waals surface area contributed by atoms with Gasteiger partial charge in [-0.25, -0.2) is 4.98 Å². The van der Waals surface area contributed by atoms with E-state index in [9.17, 15) is 0 Å². The predicted octanol–water partition coefficient (Wildman–Crippen LogP) is 2.98. The Morgan fingerprint density at radius 1 is 1.36 bits per heavy atom. The van der Waals surface area contributed by atoms with Gasteiger partial charge in [0, 0.05) is 11.5 Å². The second-order valence-corrected chi connectivity index (χ2v) is 4.84. The Morgan fingerprint density at radius 2 is 2.14 bits per heavy atom. The van der Waals surface area contributed by atoms with E-state index in [1.807, 2.05) is 30.0 Å². The summed E-state index contributed by atoms with van der Waals surface area (Å²) in [5.41, 5.74) is 2.15. The van der Waals surface area contributed by atoms with E-state index in [0.29, 0.717) is 11.3 Å². The maximum Gasteiger partial charge on any atom is 0.204 e. The lowest BCUT2D eigenvalue weighted by Crippen LogP contribution is -2.22. The number of nitrogens with zero attached hydrogens (tertiary/aromatic N) is 2. The van der Waals surface area contributed by atoms with Crippen molar-refractivity contribution in [2.75, 3.05) is 11.5 Å². The quantitative estimate of drug-likeness (QED) is 0.741. The number of thioether (sulfide) groups is 1. The third kappa shape index (κ3) is 1.16. The zero-order valence-corrected chi connectivity index (χ0v) is 9.05. The molecule has 0 atom stereocenters. The summed E-state index contributed by atoms with van der Waals surface area (Å²) < 4.78 is 2.15. The van der Waals surface area contributed by atoms with Crippen LogP contribution in [-0.4, -0.2) is 21.1 Å². The van der Waals surface area contributed by atoms with Crippen molar-refractivity contribution in [3.05, 3.63) is 29.5 Å². The second kappa shape index (κ2) is 3.17. The van der Waals surface area contributed by atoms with Crippen LogP contribution >= 0.6 is 23.4 Å². The summed E-state index contributed by atoms with van der Waals surface area (Å²) in [6, 6.07) is 8.65. The highest BCUT2D eigenvalue weighted by atomic mass is 35.5. The Bertz CT molecular complexity index is 476. The topological polar surface area (TPSA) is 17.8 Å². The van der Waals surface area contributed by atoms with Crippen LogP contribution in [0.4, 0.5) is 0 Å². The molecular formula is C10H9ClN2S. The molecule has 0 spiro atoms. The van der Waals surface area contributed by atoms with Gasteiger partial charge in [-0.1, -0.05) is 12.1 Å². The lowest BCUT2D eigenvalue weighted by atomic mass is 10.3. The zero-order chi connectivity index (χ0) is 9.54. The summed E-state index contributed by atoms with van der Waals surface area (Å²) in [4.78, 5) is 4.34. The van der Waals surface area contributed by atoms with Crippen molar-refractivity contribution in [2.24, 2.45) is 0 Å². The molecule has 1 aromatic heterocycles. The van der Waals surface area contributed by atoms with Crippen LogP contribution in [0.25, 0.3) is 11.0 Å². The molecule has 3 rings (SSSR count). The van der Waals surface area contributed by atoms with Gasteiger partial charge in [0.15, 0.2) is 0 Å². The molecule has 2 heterocycles. The Balaban J connectivity index is 2.24. The van der Waals surface area contributed by atoms with Crippen LogP contribution in [0.3, 0.4) is 0 Å². The number of rotatable bonds is 1. The standard InChI is InChI=1S/C10H9ClN2S/c11-10-12-8-3-1-2-4-9(8)13(10)7-5-14-6-7/h1-4,7H,5-6H2. The molecule has 14 heavy (non-hydrogen) atoms. The Labute approximate surface area is 91.3 Å². The molecule has 2 nitrogen and oxygen atoms in total. The van der Waals surface area contributed by atoms with Crippen LogP contribution in [0, 0.1) is 0 Å². The van der Waals surface area contributed by atoms with Crippen LogP contribution < -0.4 is 0 Å². The Hall–Kier alpha value is -0.670.